The number of hydrogen-bond acceptors (Lipinski definition) is 6. The highest BCUT2D eigenvalue weighted by atomic mass is 32.1. The van der Waals surface area contributed by atoms with E-state index >= 15 is 0 Å². The van der Waals surface area contributed by atoms with Crippen LogP contribution in [0, 0.1) is 0 Å². The van der Waals surface area contributed by atoms with Gasteiger partial charge in [-0.15, -0.1) is 0 Å². The minimum atomic E-state index is 0.473. The van der Waals surface area contributed by atoms with Crippen molar-refractivity contribution in [1.82, 2.24) is 15.3 Å². The second kappa shape index (κ2) is 11.7. The lowest BCUT2D eigenvalue weighted by Gasteiger charge is -2.35. The second-order valence-electron chi connectivity index (χ2n) is 9.79. The standard InChI is InChI=1S/C28H36N6OS/c1-21-11-7-10-18-34(21)26-19-25(33-16-8-2-3-9-17-33)30-27(31-26)32-28(36)29-20-23-14-15-24(35-23)22-12-5-4-6-13-22/h4-6,12-15,19,21H,2-3,7-11,16-18,20H2,1H3,(H2,29,30,31,32,36)/t21-/m1/s1. The molecule has 0 aliphatic carbocycles. The highest BCUT2D eigenvalue weighted by Gasteiger charge is 2.23. The number of piperidine rings is 1. The second-order valence-corrected chi connectivity index (χ2v) is 10.2. The van der Waals surface area contributed by atoms with Gasteiger partial charge in [-0.25, -0.2) is 0 Å². The third kappa shape index (κ3) is 6.16. The topological polar surface area (TPSA) is 69.5 Å². The molecule has 2 aromatic heterocycles. The Hall–Kier alpha value is -3.13. The minimum Gasteiger partial charge on any atom is -0.459 e. The molecule has 3 aromatic rings. The summed E-state index contributed by atoms with van der Waals surface area (Å²) >= 11 is 5.61. The van der Waals surface area contributed by atoms with Gasteiger partial charge in [-0.3, -0.25) is 0 Å². The molecule has 1 aromatic carbocycles. The molecular formula is C28H36N6OS. The zero-order chi connectivity index (χ0) is 24.7. The number of furan rings is 1. The summed E-state index contributed by atoms with van der Waals surface area (Å²) < 4.78 is 6.00. The summed E-state index contributed by atoms with van der Waals surface area (Å²) in [4.78, 5) is 14.6. The quantitative estimate of drug-likeness (QED) is 0.397. The van der Waals surface area contributed by atoms with Gasteiger partial charge in [-0.2, -0.15) is 9.97 Å². The predicted molar refractivity (Wildman–Crippen MR) is 151 cm³/mol. The molecule has 36 heavy (non-hydrogen) atoms. The molecular weight excluding hydrogens is 468 g/mol. The van der Waals surface area contributed by atoms with E-state index in [1.54, 1.807) is 0 Å². The lowest BCUT2D eigenvalue weighted by atomic mass is 10.0. The SMILES string of the molecule is C[C@@H]1CCCCN1c1cc(N2CCCCCC2)nc(NC(=S)NCc2ccc(-c3ccccc3)o2)n1. The van der Waals surface area contributed by atoms with Crippen LogP contribution >= 0.6 is 12.2 Å². The Morgan fingerprint density at radius 1 is 0.944 bits per heavy atom. The summed E-state index contributed by atoms with van der Waals surface area (Å²) in [5.74, 6) is 4.19. The first-order valence-electron chi connectivity index (χ1n) is 13.3. The van der Waals surface area contributed by atoms with Gasteiger partial charge in [0.2, 0.25) is 5.95 Å². The van der Waals surface area contributed by atoms with Gasteiger partial charge in [0.1, 0.15) is 23.2 Å². The van der Waals surface area contributed by atoms with E-state index in [1.807, 2.05) is 42.5 Å². The van der Waals surface area contributed by atoms with E-state index < -0.39 is 0 Å². The van der Waals surface area contributed by atoms with Gasteiger partial charge in [0, 0.05) is 37.3 Å². The first kappa shape index (κ1) is 24.6. The van der Waals surface area contributed by atoms with Crippen molar-refractivity contribution >= 4 is 34.9 Å². The largest absolute Gasteiger partial charge is 0.459 e. The van der Waals surface area contributed by atoms with Crippen LogP contribution in [-0.4, -0.2) is 40.8 Å². The molecule has 0 bridgehead atoms. The fourth-order valence-corrected chi connectivity index (χ4v) is 5.23. The van der Waals surface area contributed by atoms with Crippen molar-refractivity contribution < 1.29 is 4.42 Å². The maximum absolute atomic E-state index is 6.00. The molecule has 190 valence electrons. The minimum absolute atomic E-state index is 0.473. The first-order valence-corrected chi connectivity index (χ1v) is 13.7. The van der Waals surface area contributed by atoms with Crippen molar-refractivity contribution in [3.63, 3.8) is 0 Å². The number of anilines is 3. The van der Waals surface area contributed by atoms with Gasteiger partial charge in [-0.1, -0.05) is 43.2 Å². The lowest BCUT2D eigenvalue weighted by molar-refractivity contribution is 0.481. The van der Waals surface area contributed by atoms with Crippen LogP contribution in [0.15, 0.2) is 52.9 Å². The Kier molecular flexibility index (Phi) is 8.01. The van der Waals surface area contributed by atoms with E-state index in [0.29, 0.717) is 23.6 Å². The number of hydrogen-bond donors (Lipinski definition) is 2. The monoisotopic (exact) mass is 504 g/mol. The van der Waals surface area contributed by atoms with Crippen molar-refractivity contribution in [3.05, 3.63) is 54.3 Å². The zero-order valence-corrected chi connectivity index (χ0v) is 21.9. The molecule has 2 fully saturated rings. The Labute approximate surface area is 219 Å². The van der Waals surface area contributed by atoms with Crippen molar-refractivity contribution in [1.29, 1.82) is 0 Å². The molecule has 2 aliphatic rings. The molecule has 2 aliphatic heterocycles. The molecule has 4 heterocycles. The Morgan fingerprint density at radius 2 is 1.69 bits per heavy atom. The maximum atomic E-state index is 6.00. The highest BCUT2D eigenvalue weighted by molar-refractivity contribution is 7.80. The third-order valence-electron chi connectivity index (χ3n) is 7.09. The first-order chi connectivity index (χ1) is 17.7. The molecule has 8 heteroatoms. The average molecular weight is 505 g/mol. The molecule has 5 rings (SSSR count). The summed E-state index contributed by atoms with van der Waals surface area (Å²) in [5.41, 5.74) is 1.06. The highest BCUT2D eigenvalue weighted by Crippen LogP contribution is 2.28. The van der Waals surface area contributed by atoms with Gasteiger partial charge >= 0.3 is 0 Å². The van der Waals surface area contributed by atoms with Crippen LogP contribution in [0.5, 0.6) is 0 Å². The Morgan fingerprint density at radius 3 is 2.47 bits per heavy atom. The van der Waals surface area contributed by atoms with Crippen molar-refractivity contribution in [2.24, 2.45) is 0 Å². The van der Waals surface area contributed by atoms with Crippen LogP contribution in [0.4, 0.5) is 17.6 Å². The van der Waals surface area contributed by atoms with E-state index in [2.05, 4.69) is 33.4 Å². The van der Waals surface area contributed by atoms with Crippen LogP contribution in [0.2, 0.25) is 0 Å². The van der Waals surface area contributed by atoms with Gasteiger partial charge in [0.05, 0.1) is 6.54 Å². The summed E-state index contributed by atoms with van der Waals surface area (Å²) in [6.45, 7) is 5.88. The molecule has 7 nitrogen and oxygen atoms in total. The predicted octanol–water partition coefficient (Wildman–Crippen LogP) is 5.98. The molecule has 0 radical (unpaired) electrons. The van der Waals surface area contributed by atoms with Crippen LogP contribution in [-0.2, 0) is 6.54 Å². The summed E-state index contributed by atoms with van der Waals surface area (Å²) in [6, 6.07) is 16.7. The fourth-order valence-electron chi connectivity index (χ4n) is 5.07. The molecule has 2 N–H and O–H groups in total. The average Bonchev–Trinajstić information content (AvgIpc) is 3.21. The number of rotatable bonds is 6. The zero-order valence-electron chi connectivity index (χ0n) is 21.1. The molecule has 2 saturated heterocycles. The van der Waals surface area contributed by atoms with E-state index in [9.17, 15) is 0 Å². The van der Waals surface area contributed by atoms with Crippen LogP contribution in [0.1, 0.15) is 57.6 Å². The third-order valence-corrected chi connectivity index (χ3v) is 7.34. The summed E-state index contributed by atoms with van der Waals surface area (Å²) in [7, 11) is 0. The van der Waals surface area contributed by atoms with Crippen molar-refractivity contribution in [2.75, 3.05) is 34.8 Å². The van der Waals surface area contributed by atoms with E-state index in [0.717, 1.165) is 48.4 Å². The summed E-state index contributed by atoms with van der Waals surface area (Å²) in [6.07, 6.45) is 8.65. The molecule has 0 saturated carbocycles. The van der Waals surface area contributed by atoms with Crippen molar-refractivity contribution in [2.45, 2.75) is 64.5 Å². The maximum Gasteiger partial charge on any atom is 0.232 e. The molecule has 0 spiro atoms. The van der Waals surface area contributed by atoms with Gasteiger partial charge in [-0.05, 0) is 63.4 Å². The normalized spacial score (nSPS) is 18.5. The molecule has 1 atom stereocenters. The van der Waals surface area contributed by atoms with Gasteiger partial charge in [0.15, 0.2) is 5.11 Å². The number of nitrogens with zero attached hydrogens (tertiary/aromatic N) is 4. The smallest absolute Gasteiger partial charge is 0.232 e. The van der Waals surface area contributed by atoms with Gasteiger partial charge < -0.3 is 24.9 Å². The number of benzene rings is 1. The molecule has 0 unspecified atom stereocenters. The Bertz CT molecular complexity index is 1140. The van der Waals surface area contributed by atoms with Crippen LogP contribution in [0.3, 0.4) is 0 Å². The molecule has 0 amide bonds. The Balaban J connectivity index is 1.29. The van der Waals surface area contributed by atoms with Gasteiger partial charge in [0.25, 0.3) is 0 Å². The van der Waals surface area contributed by atoms with Crippen LogP contribution in [0.25, 0.3) is 11.3 Å². The van der Waals surface area contributed by atoms with Crippen molar-refractivity contribution in [3.8, 4) is 11.3 Å². The van der Waals surface area contributed by atoms with E-state index in [-0.39, 0.29) is 0 Å². The number of aromatic nitrogens is 2. The lowest BCUT2D eigenvalue weighted by Crippen LogP contribution is -2.38. The van der Waals surface area contributed by atoms with E-state index in [4.69, 9.17) is 26.6 Å². The fraction of sp³-hybridized carbons (Fsp3) is 0.464. The number of nitrogens with one attached hydrogen (secondary N) is 2. The van der Waals surface area contributed by atoms with Crippen LogP contribution < -0.4 is 20.4 Å². The number of thiocarbonyl (C=S) groups is 1. The van der Waals surface area contributed by atoms with E-state index in [1.165, 1.54) is 44.9 Å². The summed E-state index contributed by atoms with van der Waals surface area (Å²) in [5, 5.41) is 6.98.